The summed E-state index contributed by atoms with van der Waals surface area (Å²) in [7, 11) is 0. The smallest absolute Gasteiger partial charge is 0.321 e. The zero-order valence-electron chi connectivity index (χ0n) is 11.2. The third-order valence-electron chi connectivity index (χ3n) is 2.58. The van der Waals surface area contributed by atoms with Crippen LogP contribution in [0.4, 0.5) is 0 Å². The SMILES string of the molecule is CCNC(CSCc1cc(C)cc(C)c1)C(=O)O. The molecule has 0 aliphatic heterocycles. The molecule has 1 rings (SSSR count). The number of aryl methyl sites for hydroxylation is 2. The second kappa shape index (κ2) is 7.44. The van der Waals surface area contributed by atoms with E-state index in [2.05, 4.69) is 37.4 Å². The summed E-state index contributed by atoms with van der Waals surface area (Å²) in [5.74, 6) is 0.679. The van der Waals surface area contributed by atoms with Crippen molar-refractivity contribution >= 4 is 17.7 Å². The van der Waals surface area contributed by atoms with Gasteiger partial charge < -0.3 is 10.4 Å². The number of carboxylic acids is 1. The molecule has 1 unspecified atom stereocenters. The zero-order chi connectivity index (χ0) is 13.5. The van der Waals surface area contributed by atoms with Crippen molar-refractivity contribution in [2.24, 2.45) is 0 Å². The molecule has 100 valence electrons. The average molecular weight is 267 g/mol. The first-order valence-corrected chi connectivity index (χ1v) is 7.29. The predicted molar refractivity (Wildman–Crippen MR) is 77.2 cm³/mol. The molecule has 0 amide bonds. The van der Waals surface area contributed by atoms with Crippen molar-refractivity contribution in [3.05, 3.63) is 34.9 Å². The highest BCUT2D eigenvalue weighted by molar-refractivity contribution is 7.98. The number of rotatable bonds is 7. The Hall–Kier alpha value is -1.00. The van der Waals surface area contributed by atoms with Crippen molar-refractivity contribution in [3.63, 3.8) is 0 Å². The fourth-order valence-corrected chi connectivity index (χ4v) is 2.93. The van der Waals surface area contributed by atoms with Crippen LogP contribution in [0, 0.1) is 13.8 Å². The van der Waals surface area contributed by atoms with E-state index >= 15 is 0 Å². The van der Waals surface area contributed by atoms with E-state index in [1.807, 2.05) is 6.92 Å². The van der Waals surface area contributed by atoms with Gasteiger partial charge >= 0.3 is 5.97 Å². The molecule has 0 fully saturated rings. The van der Waals surface area contributed by atoms with E-state index in [1.54, 1.807) is 11.8 Å². The topological polar surface area (TPSA) is 49.3 Å². The summed E-state index contributed by atoms with van der Waals surface area (Å²) in [6, 6.07) is 6.00. The van der Waals surface area contributed by atoms with Crippen LogP contribution < -0.4 is 5.32 Å². The fourth-order valence-electron chi connectivity index (χ4n) is 1.91. The first-order valence-electron chi connectivity index (χ1n) is 6.14. The normalized spacial score (nSPS) is 12.4. The second-order valence-corrected chi connectivity index (χ2v) is 5.49. The molecule has 0 aliphatic carbocycles. The minimum atomic E-state index is -0.773. The quantitative estimate of drug-likeness (QED) is 0.797. The molecular formula is C14H21NO2S. The molecule has 3 nitrogen and oxygen atoms in total. The highest BCUT2D eigenvalue weighted by Crippen LogP contribution is 2.16. The number of likely N-dealkylation sites (N-methyl/N-ethyl adjacent to an activating group) is 1. The Labute approximate surface area is 113 Å². The van der Waals surface area contributed by atoms with Gasteiger partial charge in [-0.25, -0.2) is 0 Å². The summed E-state index contributed by atoms with van der Waals surface area (Å²) >= 11 is 1.66. The first-order chi connectivity index (χ1) is 8.52. The van der Waals surface area contributed by atoms with E-state index in [0.717, 1.165) is 5.75 Å². The van der Waals surface area contributed by atoms with E-state index in [9.17, 15) is 4.79 Å². The lowest BCUT2D eigenvalue weighted by Crippen LogP contribution is -2.38. The Morgan fingerprint density at radius 1 is 1.33 bits per heavy atom. The molecule has 0 heterocycles. The molecule has 0 saturated heterocycles. The molecule has 0 saturated carbocycles. The minimum Gasteiger partial charge on any atom is -0.480 e. The molecule has 0 radical (unpaired) electrons. The van der Waals surface area contributed by atoms with Gasteiger partial charge in [0, 0.05) is 11.5 Å². The molecule has 0 aliphatic rings. The molecule has 4 heteroatoms. The molecule has 1 aromatic carbocycles. The number of carboxylic acid groups (broad SMARTS) is 1. The summed E-state index contributed by atoms with van der Waals surface area (Å²) in [4.78, 5) is 11.0. The van der Waals surface area contributed by atoms with E-state index < -0.39 is 12.0 Å². The van der Waals surface area contributed by atoms with Crippen LogP contribution in [0.25, 0.3) is 0 Å². The number of aliphatic carboxylic acids is 1. The van der Waals surface area contributed by atoms with Crippen LogP contribution in [0.1, 0.15) is 23.6 Å². The van der Waals surface area contributed by atoms with Gasteiger partial charge in [-0.3, -0.25) is 4.79 Å². The Bertz CT molecular complexity index is 387. The van der Waals surface area contributed by atoms with Crippen molar-refractivity contribution in [2.45, 2.75) is 32.6 Å². The molecule has 0 aromatic heterocycles. The van der Waals surface area contributed by atoms with Gasteiger partial charge in [0.15, 0.2) is 0 Å². The number of carbonyl (C=O) groups is 1. The lowest BCUT2D eigenvalue weighted by Gasteiger charge is -2.12. The van der Waals surface area contributed by atoms with Gasteiger partial charge in [-0.15, -0.1) is 0 Å². The summed E-state index contributed by atoms with van der Waals surface area (Å²) in [6.45, 7) is 6.77. The van der Waals surface area contributed by atoms with Gasteiger partial charge in [0.25, 0.3) is 0 Å². The fraction of sp³-hybridized carbons (Fsp3) is 0.500. The van der Waals surface area contributed by atoms with Gasteiger partial charge in [-0.1, -0.05) is 36.2 Å². The Morgan fingerprint density at radius 2 is 1.94 bits per heavy atom. The largest absolute Gasteiger partial charge is 0.480 e. The second-order valence-electron chi connectivity index (χ2n) is 4.46. The van der Waals surface area contributed by atoms with E-state index in [1.165, 1.54) is 16.7 Å². The van der Waals surface area contributed by atoms with Crippen LogP contribution in [0.15, 0.2) is 18.2 Å². The molecular weight excluding hydrogens is 246 g/mol. The van der Waals surface area contributed by atoms with Crippen LogP contribution in [-0.2, 0) is 10.5 Å². The zero-order valence-corrected chi connectivity index (χ0v) is 12.0. The number of nitrogens with one attached hydrogen (secondary N) is 1. The average Bonchev–Trinajstić information content (AvgIpc) is 2.26. The van der Waals surface area contributed by atoms with E-state index in [4.69, 9.17) is 5.11 Å². The third kappa shape index (κ3) is 5.10. The highest BCUT2D eigenvalue weighted by atomic mass is 32.2. The highest BCUT2D eigenvalue weighted by Gasteiger charge is 2.15. The molecule has 2 N–H and O–H groups in total. The molecule has 1 atom stereocenters. The van der Waals surface area contributed by atoms with E-state index in [-0.39, 0.29) is 0 Å². The summed E-state index contributed by atoms with van der Waals surface area (Å²) in [6.07, 6.45) is 0. The van der Waals surface area contributed by atoms with Gasteiger partial charge in [-0.05, 0) is 26.0 Å². The van der Waals surface area contributed by atoms with Crippen molar-refractivity contribution < 1.29 is 9.90 Å². The summed E-state index contributed by atoms with van der Waals surface area (Å²) in [5, 5.41) is 12.0. The van der Waals surface area contributed by atoms with Gasteiger partial charge in [0.1, 0.15) is 6.04 Å². The van der Waals surface area contributed by atoms with Crippen molar-refractivity contribution in [2.75, 3.05) is 12.3 Å². The maximum absolute atomic E-state index is 11.0. The minimum absolute atomic E-state index is 0.453. The van der Waals surface area contributed by atoms with Gasteiger partial charge in [0.05, 0.1) is 0 Å². The van der Waals surface area contributed by atoms with E-state index in [0.29, 0.717) is 12.3 Å². The van der Waals surface area contributed by atoms with Crippen molar-refractivity contribution in [1.82, 2.24) is 5.32 Å². The number of hydrogen-bond donors (Lipinski definition) is 2. The van der Waals surface area contributed by atoms with Gasteiger partial charge in [-0.2, -0.15) is 11.8 Å². The Kier molecular flexibility index (Phi) is 6.22. The van der Waals surface area contributed by atoms with Gasteiger partial charge in [0.2, 0.25) is 0 Å². The van der Waals surface area contributed by atoms with Crippen LogP contribution in [0.2, 0.25) is 0 Å². The summed E-state index contributed by atoms with van der Waals surface area (Å²) in [5.41, 5.74) is 3.78. The van der Waals surface area contributed by atoms with Crippen LogP contribution in [-0.4, -0.2) is 29.4 Å². The van der Waals surface area contributed by atoms with Crippen LogP contribution in [0.5, 0.6) is 0 Å². The summed E-state index contributed by atoms with van der Waals surface area (Å²) < 4.78 is 0. The lowest BCUT2D eigenvalue weighted by molar-refractivity contribution is -0.138. The Balaban J connectivity index is 2.47. The standard InChI is InChI=1S/C14H21NO2S/c1-4-15-13(14(16)17)9-18-8-12-6-10(2)5-11(3)7-12/h5-7,13,15H,4,8-9H2,1-3H3,(H,16,17). The van der Waals surface area contributed by atoms with Crippen LogP contribution >= 0.6 is 11.8 Å². The van der Waals surface area contributed by atoms with Crippen molar-refractivity contribution in [3.8, 4) is 0 Å². The number of thioether (sulfide) groups is 1. The molecule has 0 bridgehead atoms. The number of benzene rings is 1. The number of hydrogen-bond acceptors (Lipinski definition) is 3. The third-order valence-corrected chi connectivity index (χ3v) is 3.69. The first kappa shape index (κ1) is 15.1. The maximum Gasteiger partial charge on any atom is 0.321 e. The Morgan fingerprint density at radius 3 is 2.44 bits per heavy atom. The molecule has 0 spiro atoms. The van der Waals surface area contributed by atoms with Crippen LogP contribution in [0.3, 0.4) is 0 Å². The molecule has 1 aromatic rings. The maximum atomic E-state index is 11.0. The predicted octanol–water partition coefficient (Wildman–Crippen LogP) is 2.60. The van der Waals surface area contributed by atoms with Crippen molar-refractivity contribution in [1.29, 1.82) is 0 Å². The molecule has 18 heavy (non-hydrogen) atoms. The lowest BCUT2D eigenvalue weighted by atomic mass is 10.1. The monoisotopic (exact) mass is 267 g/mol.